The van der Waals surface area contributed by atoms with Gasteiger partial charge < -0.3 is 0 Å². The van der Waals surface area contributed by atoms with E-state index in [1.807, 2.05) is 19.1 Å². The molecule has 1 aliphatic heterocycles. The molecule has 0 unspecified atom stereocenters. The van der Waals surface area contributed by atoms with Gasteiger partial charge in [-0.05, 0) is 24.6 Å². The quantitative estimate of drug-likeness (QED) is 0.493. The molecule has 0 fully saturated rings. The predicted molar refractivity (Wildman–Crippen MR) is 105 cm³/mol. The first-order valence-corrected chi connectivity index (χ1v) is 9.31. The molecule has 0 saturated carbocycles. The van der Waals surface area contributed by atoms with Gasteiger partial charge in [-0.3, -0.25) is 14.4 Å². The van der Waals surface area contributed by atoms with E-state index in [0.717, 1.165) is 21.8 Å². The van der Waals surface area contributed by atoms with E-state index in [-0.39, 0.29) is 21.2 Å². The fourth-order valence-electron chi connectivity index (χ4n) is 3.23. The highest BCUT2D eigenvalue weighted by Crippen LogP contribution is 2.33. The van der Waals surface area contributed by atoms with Gasteiger partial charge in [0.05, 0.1) is 5.69 Å². The van der Waals surface area contributed by atoms with Crippen molar-refractivity contribution in [2.75, 3.05) is 4.90 Å². The molecule has 2 aromatic heterocycles. The Morgan fingerprint density at radius 1 is 0.929 bits per heavy atom. The van der Waals surface area contributed by atoms with Crippen LogP contribution in [0.3, 0.4) is 0 Å². The first-order chi connectivity index (χ1) is 13.5. The first kappa shape index (κ1) is 16.5. The van der Waals surface area contributed by atoms with E-state index in [2.05, 4.69) is 10.1 Å². The lowest BCUT2D eigenvalue weighted by molar-refractivity contribution is 0.0924. The highest BCUT2D eigenvalue weighted by Gasteiger charge is 2.41. The van der Waals surface area contributed by atoms with Gasteiger partial charge in [0, 0.05) is 5.56 Å². The van der Waals surface area contributed by atoms with Crippen LogP contribution in [0.25, 0.3) is 16.2 Å². The number of carbonyl (C=O) groups excluding carboxylic acids is 2. The Kier molecular flexibility index (Phi) is 3.50. The molecule has 4 aromatic rings. The number of imide groups is 1. The molecule has 0 bridgehead atoms. The van der Waals surface area contributed by atoms with Crippen molar-refractivity contribution in [3.8, 4) is 11.3 Å². The summed E-state index contributed by atoms with van der Waals surface area (Å²) in [7, 11) is 0. The third kappa shape index (κ3) is 2.31. The molecule has 0 spiro atoms. The van der Waals surface area contributed by atoms with Crippen molar-refractivity contribution >= 4 is 33.8 Å². The van der Waals surface area contributed by atoms with E-state index in [9.17, 15) is 14.4 Å². The fraction of sp³-hybridized carbons (Fsp3) is 0.0500. The zero-order valence-corrected chi connectivity index (χ0v) is 15.4. The number of rotatable bonds is 2. The molecular formula is C20H12N4O3S. The van der Waals surface area contributed by atoms with Crippen LogP contribution in [0.5, 0.6) is 0 Å². The zero-order chi connectivity index (χ0) is 19.4. The second-order valence-electron chi connectivity index (χ2n) is 6.39. The van der Waals surface area contributed by atoms with Crippen LogP contribution in [0.2, 0.25) is 0 Å². The van der Waals surface area contributed by atoms with E-state index in [4.69, 9.17) is 0 Å². The number of amides is 2. The lowest BCUT2D eigenvalue weighted by atomic mass is 10.2. The number of carbonyl (C=O) groups is 2. The summed E-state index contributed by atoms with van der Waals surface area (Å²) >= 11 is 0.996. The highest BCUT2D eigenvalue weighted by atomic mass is 32.1. The fourth-order valence-corrected chi connectivity index (χ4v) is 4.21. The van der Waals surface area contributed by atoms with Crippen LogP contribution in [-0.2, 0) is 0 Å². The molecule has 3 heterocycles. The normalized spacial score (nSPS) is 13.4. The summed E-state index contributed by atoms with van der Waals surface area (Å²) in [5, 5.41) is 4.36. The number of benzene rings is 2. The monoisotopic (exact) mass is 388 g/mol. The Bertz CT molecular complexity index is 1340. The number of aromatic nitrogens is 3. The SMILES string of the molecule is Cc1cccc(N2C(=O)c3sc4nc(=O)c(-c5ccccc5)nn4c3C2=O)c1. The van der Waals surface area contributed by atoms with Gasteiger partial charge in [0.25, 0.3) is 11.8 Å². The number of aryl methyl sites for hydroxylation is 1. The van der Waals surface area contributed by atoms with Gasteiger partial charge in [0.2, 0.25) is 4.96 Å². The maximum atomic E-state index is 13.1. The minimum Gasteiger partial charge on any atom is -0.267 e. The second kappa shape index (κ2) is 5.93. The maximum Gasteiger partial charge on any atom is 0.300 e. The van der Waals surface area contributed by atoms with Gasteiger partial charge in [-0.25, -0.2) is 4.90 Å². The molecule has 7 nitrogen and oxygen atoms in total. The Labute approximate surface area is 162 Å². The van der Waals surface area contributed by atoms with Crippen LogP contribution in [0, 0.1) is 6.92 Å². The third-order valence-corrected chi connectivity index (χ3v) is 5.53. The molecule has 0 atom stereocenters. The van der Waals surface area contributed by atoms with E-state index in [0.29, 0.717) is 11.3 Å². The summed E-state index contributed by atoms with van der Waals surface area (Å²) in [6, 6.07) is 16.1. The number of hydrogen-bond acceptors (Lipinski definition) is 6. The summed E-state index contributed by atoms with van der Waals surface area (Å²) in [4.78, 5) is 44.0. The van der Waals surface area contributed by atoms with Crippen LogP contribution < -0.4 is 10.5 Å². The van der Waals surface area contributed by atoms with Crippen molar-refractivity contribution in [1.82, 2.24) is 14.6 Å². The average molecular weight is 388 g/mol. The minimum absolute atomic E-state index is 0.132. The molecule has 0 saturated heterocycles. The predicted octanol–water partition coefficient (Wildman–Crippen LogP) is 2.93. The van der Waals surface area contributed by atoms with Gasteiger partial charge in [-0.15, -0.1) is 0 Å². The van der Waals surface area contributed by atoms with E-state index >= 15 is 0 Å². The van der Waals surface area contributed by atoms with Gasteiger partial charge in [0.1, 0.15) is 4.88 Å². The molecule has 0 N–H and O–H groups in total. The van der Waals surface area contributed by atoms with E-state index in [1.54, 1.807) is 42.5 Å². The smallest absolute Gasteiger partial charge is 0.267 e. The third-order valence-electron chi connectivity index (χ3n) is 4.51. The van der Waals surface area contributed by atoms with Crippen molar-refractivity contribution in [2.24, 2.45) is 0 Å². The average Bonchev–Trinajstić information content (AvgIpc) is 3.17. The molecule has 5 rings (SSSR count). The Morgan fingerprint density at radius 3 is 2.46 bits per heavy atom. The lowest BCUT2D eigenvalue weighted by Crippen LogP contribution is -2.30. The summed E-state index contributed by atoms with van der Waals surface area (Å²) < 4.78 is 1.31. The number of thiazole rings is 1. The topological polar surface area (TPSA) is 84.6 Å². The molecule has 8 heteroatoms. The van der Waals surface area contributed by atoms with Crippen molar-refractivity contribution in [3.63, 3.8) is 0 Å². The van der Waals surface area contributed by atoms with Gasteiger partial charge >= 0.3 is 5.56 Å². The van der Waals surface area contributed by atoms with Crippen LogP contribution >= 0.6 is 11.3 Å². The number of hydrogen-bond donors (Lipinski definition) is 0. The molecule has 0 radical (unpaired) electrons. The number of fused-ring (bicyclic) bond motifs is 3. The van der Waals surface area contributed by atoms with E-state index in [1.165, 1.54) is 4.52 Å². The standard InChI is InChI=1S/C20H12N4O3S/c1-11-6-5-9-13(10-11)23-18(26)15-16(19(23)27)28-20-21-17(25)14(22-24(15)20)12-7-3-2-4-8-12/h2-10H,1H3. The minimum atomic E-state index is -0.499. The molecule has 2 aromatic carbocycles. The van der Waals surface area contributed by atoms with Crippen molar-refractivity contribution in [2.45, 2.75) is 6.92 Å². The van der Waals surface area contributed by atoms with Crippen LogP contribution in [-0.4, -0.2) is 26.4 Å². The summed E-state index contributed by atoms with van der Waals surface area (Å²) in [5.74, 6) is -0.912. The molecular weight excluding hydrogens is 376 g/mol. The van der Waals surface area contributed by atoms with Crippen molar-refractivity contribution in [1.29, 1.82) is 0 Å². The summed E-state index contributed by atoms with van der Waals surface area (Å²) in [5.41, 5.74) is 1.81. The number of anilines is 1. The Hall–Kier alpha value is -3.65. The Balaban J connectivity index is 1.71. The summed E-state index contributed by atoms with van der Waals surface area (Å²) in [6.45, 7) is 1.89. The second-order valence-corrected chi connectivity index (χ2v) is 7.37. The lowest BCUT2D eigenvalue weighted by Gasteiger charge is -2.14. The van der Waals surface area contributed by atoms with Crippen molar-refractivity contribution < 1.29 is 9.59 Å². The molecule has 1 aliphatic rings. The van der Waals surface area contributed by atoms with Gasteiger partial charge in [0.15, 0.2) is 11.4 Å². The molecule has 136 valence electrons. The highest BCUT2D eigenvalue weighted by molar-refractivity contribution is 7.19. The van der Waals surface area contributed by atoms with Crippen LogP contribution in [0.15, 0.2) is 59.4 Å². The van der Waals surface area contributed by atoms with Crippen LogP contribution in [0.4, 0.5) is 5.69 Å². The number of nitrogens with zero attached hydrogens (tertiary/aromatic N) is 4. The molecule has 2 amide bonds. The van der Waals surface area contributed by atoms with Crippen molar-refractivity contribution in [3.05, 3.63) is 81.1 Å². The van der Waals surface area contributed by atoms with E-state index < -0.39 is 17.4 Å². The molecule has 0 aliphatic carbocycles. The van der Waals surface area contributed by atoms with Gasteiger partial charge in [-0.2, -0.15) is 14.6 Å². The van der Waals surface area contributed by atoms with Gasteiger partial charge in [-0.1, -0.05) is 53.8 Å². The summed E-state index contributed by atoms with van der Waals surface area (Å²) in [6.07, 6.45) is 0. The zero-order valence-electron chi connectivity index (χ0n) is 14.6. The Morgan fingerprint density at radius 2 is 1.71 bits per heavy atom. The largest absolute Gasteiger partial charge is 0.300 e. The molecule has 28 heavy (non-hydrogen) atoms. The van der Waals surface area contributed by atoms with Crippen LogP contribution in [0.1, 0.15) is 25.7 Å². The maximum absolute atomic E-state index is 13.1. The first-order valence-electron chi connectivity index (χ1n) is 8.49.